The van der Waals surface area contributed by atoms with Crippen LogP contribution in [0.15, 0.2) is 47.6 Å². The molecule has 5 nitrogen and oxygen atoms in total. The SMILES string of the molecule is O=S(=O)(NCCn1cccn1)c1ccccc1F. The molecule has 0 fully saturated rings. The van der Waals surface area contributed by atoms with Crippen molar-refractivity contribution in [1.82, 2.24) is 14.5 Å². The molecule has 18 heavy (non-hydrogen) atoms. The average molecular weight is 269 g/mol. The topological polar surface area (TPSA) is 64.0 Å². The Hall–Kier alpha value is -1.73. The van der Waals surface area contributed by atoms with Crippen LogP contribution < -0.4 is 4.72 Å². The largest absolute Gasteiger partial charge is 0.271 e. The van der Waals surface area contributed by atoms with Crippen LogP contribution in [0.4, 0.5) is 4.39 Å². The van der Waals surface area contributed by atoms with Crippen LogP contribution >= 0.6 is 0 Å². The maximum atomic E-state index is 13.3. The van der Waals surface area contributed by atoms with Gasteiger partial charge in [0.1, 0.15) is 10.7 Å². The van der Waals surface area contributed by atoms with E-state index in [1.807, 2.05) is 0 Å². The van der Waals surface area contributed by atoms with Gasteiger partial charge in [0.05, 0.1) is 6.54 Å². The van der Waals surface area contributed by atoms with Gasteiger partial charge < -0.3 is 0 Å². The minimum Gasteiger partial charge on any atom is -0.271 e. The van der Waals surface area contributed by atoms with Crippen molar-refractivity contribution in [2.75, 3.05) is 6.54 Å². The van der Waals surface area contributed by atoms with E-state index in [1.54, 1.807) is 23.1 Å². The summed E-state index contributed by atoms with van der Waals surface area (Å²) in [5.41, 5.74) is 0. The first-order valence-corrected chi connectivity index (χ1v) is 6.79. The van der Waals surface area contributed by atoms with Crippen molar-refractivity contribution in [2.24, 2.45) is 0 Å². The van der Waals surface area contributed by atoms with Crippen LogP contribution in [-0.2, 0) is 16.6 Å². The Bertz CT molecular complexity index is 611. The second-order valence-corrected chi connectivity index (χ2v) is 5.33. The molecule has 0 bridgehead atoms. The zero-order chi connectivity index (χ0) is 13.0. The lowest BCUT2D eigenvalue weighted by Gasteiger charge is -2.07. The van der Waals surface area contributed by atoms with Crippen molar-refractivity contribution < 1.29 is 12.8 Å². The molecular weight excluding hydrogens is 257 g/mol. The van der Waals surface area contributed by atoms with Crippen molar-refractivity contribution in [3.05, 3.63) is 48.5 Å². The Labute approximate surface area is 104 Å². The number of benzene rings is 1. The highest BCUT2D eigenvalue weighted by molar-refractivity contribution is 7.89. The molecule has 0 saturated heterocycles. The van der Waals surface area contributed by atoms with E-state index in [0.717, 1.165) is 6.07 Å². The van der Waals surface area contributed by atoms with E-state index in [2.05, 4.69) is 9.82 Å². The molecule has 0 atom stereocenters. The Balaban J connectivity index is 2.02. The van der Waals surface area contributed by atoms with Gasteiger partial charge in [-0.1, -0.05) is 12.1 Å². The molecule has 1 N–H and O–H groups in total. The van der Waals surface area contributed by atoms with Crippen molar-refractivity contribution in [2.45, 2.75) is 11.4 Å². The Morgan fingerprint density at radius 2 is 2.06 bits per heavy atom. The van der Waals surface area contributed by atoms with Crippen LogP contribution in [0.25, 0.3) is 0 Å². The van der Waals surface area contributed by atoms with Crippen molar-refractivity contribution in [1.29, 1.82) is 0 Å². The average Bonchev–Trinajstić information content (AvgIpc) is 2.82. The number of rotatable bonds is 5. The molecule has 0 amide bonds. The first kappa shape index (κ1) is 12.7. The van der Waals surface area contributed by atoms with E-state index < -0.39 is 15.8 Å². The second-order valence-electron chi connectivity index (χ2n) is 3.60. The van der Waals surface area contributed by atoms with Gasteiger partial charge in [0, 0.05) is 18.9 Å². The van der Waals surface area contributed by atoms with Crippen LogP contribution in [-0.4, -0.2) is 24.7 Å². The molecule has 96 valence electrons. The van der Waals surface area contributed by atoms with E-state index in [-0.39, 0.29) is 11.4 Å². The van der Waals surface area contributed by atoms with Gasteiger partial charge in [-0.05, 0) is 18.2 Å². The van der Waals surface area contributed by atoms with Gasteiger partial charge in [0.15, 0.2) is 0 Å². The van der Waals surface area contributed by atoms with Crippen molar-refractivity contribution in [3.63, 3.8) is 0 Å². The van der Waals surface area contributed by atoms with Crippen LogP contribution in [0.1, 0.15) is 0 Å². The minimum absolute atomic E-state index is 0.151. The molecule has 1 aromatic heterocycles. The first-order valence-electron chi connectivity index (χ1n) is 5.31. The Morgan fingerprint density at radius 1 is 1.28 bits per heavy atom. The zero-order valence-electron chi connectivity index (χ0n) is 9.45. The lowest BCUT2D eigenvalue weighted by molar-refractivity contribution is 0.545. The molecule has 0 aliphatic rings. The third-order valence-electron chi connectivity index (χ3n) is 2.32. The molecular formula is C11H12FN3O2S. The molecule has 0 aliphatic carbocycles. The summed E-state index contributed by atoms with van der Waals surface area (Å²) in [5, 5.41) is 3.93. The van der Waals surface area contributed by atoms with E-state index in [9.17, 15) is 12.8 Å². The normalized spacial score (nSPS) is 11.6. The van der Waals surface area contributed by atoms with Gasteiger partial charge in [0.25, 0.3) is 0 Å². The fourth-order valence-corrected chi connectivity index (χ4v) is 2.57. The Kier molecular flexibility index (Phi) is 3.73. The summed E-state index contributed by atoms with van der Waals surface area (Å²) < 4.78 is 40.9. The molecule has 0 radical (unpaired) electrons. The number of hydrogen-bond acceptors (Lipinski definition) is 3. The van der Waals surface area contributed by atoms with E-state index in [4.69, 9.17) is 0 Å². The van der Waals surface area contributed by atoms with Gasteiger partial charge in [-0.2, -0.15) is 5.10 Å². The van der Waals surface area contributed by atoms with Gasteiger partial charge in [0.2, 0.25) is 10.0 Å². The van der Waals surface area contributed by atoms with Crippen LogP contribution in [0.5, 0.6) is 0 Å². The second kappa shape index (κ2) is 5.28. The maximum Gasteiger partial charge on any atom is 0.243 e. The summed E-state index contributed by atoms with van der Waals surface area (Å²) in [5.74, 6) is -0.760. The summed E-state index contributed by atoms with van der Waals surface area (Å²) in [6, 6.07) is 7.00. The summed E-state index contributed by atoms with van der Waals surface area (Å²) in [6.45, 7) is 0.541. The molecule has 2 rings (SSSR count). The number of sulfonamides is 1. The molecule has 2 aromatic rings. The molecule has 1 aromatic carbocycles. The van der Waals surface area contributed by atoms with Crippen molar-refractivity contribution >= 4 is 10.0 Å². The fourth-order valence-electron chi connectivity index (χ4n) is 1.47. The molecule has 0 unspecified atom stereocenters. The number of hydrogen-bond donors (Lipinski definition) is 1. The third-order valence-corrected chi connectivity index (χ3v) is 3.81. The predicted octanol–water partition coefficient (Wildman–Crippen LogP) is 1.00. The summed E-state index contributed by atoms with van der Waals surface area (Å²) in [6.07, 6.45) is 3.32. The number of halogens is 1. The molecule has 1 heterocycles. The van der Waals surface area contributed by atoms with Crippen molar-refractivity contribution in [3.8, 4) is 0 Å². The summed E-state index contributed by atoms with van der Waals surface area (Å²) in [7, 11) is -3.81. The maximum absolute atomic E-state index is 13.3. The van der Waals surface area contributed by atoms with Gasteiger partial charge >= 0.3 is 0 Å². The number of aromatic nitrogens is 2. The molecule has 0 saturated carbocycles. The Morgan fingerprint density at radius 3 is 2.72 bits per heavy atom. The molecule has 0 aliphatic heterocycles. The van der Waals surface area contributed by atoms with Gasteiger partial charge in [-0.3, -0.25) is 4.68 Å². The monoisotopic (exact) mass is 269 g/mol. The highest BCUT2D eigenvalue weighted by atomic mass is 32.2. The van der Waals surface area contributed by atoms with Gasteiger partial charge in [-0.15, -0.1) is 0 Å². The quantitative estimate of drug-likeness (QED) is 0.880. The number of nitrogens with one attached hydrogen (secondary N) is 1. The lowest BCUT2D eigenvalue weighted by atomic mass is 10.4. The van der Waals surface area contributed by atoms with E-state index >= 15 is 0 Å². The highest BCUT2D eigenvalue weighted by Gasteiger charge is 2.17. The highest BCUT2D eigenvalue weighted by Crippen LogP contribution is 2.12. The van der Waals surface area contributed by atoms with E-state index in [0.29, 0.717) is 6.54 Å². The van der Waals surface area contributed by atoms with Crippen LogP contribution in [0, 0.1) is 5.82 Å². The first-order chi connectivity index (χ1) is 8.59. The zero-order valence-corrected chi connectivity index (χ0v) is 10.3. The third kappa shape index (κ3) is 2.93. The summed E-state index contributed by atoms with van der Waals surface area (Å²) in [4.78, 5) is -0.342. The lowest BCUT2D eigenvalue weighted by Crippen LogP contribution is -2.28. The molecule has 0 spiro atoms. The summed E-state index contributed by atoms with van der Waals surface area (Å²) >= 11 is 0. The van der Waals surface area contributed by atoms with Crippen LogP contribution in [0.3, 0.4) is 0 Å². The molecule has 7 heteroatoms. The van der Waals surface area contributed by atoms with Gasteiger partial charge in [-0.25, -0.2) is 17.5 Å². The minimum atomic E-state index is -3.81. The predicted molar refractivity (Wildman–Crippen MR) is 63.8 cm³/mol. The standard InChI is InChI=1S/C11H12FN3O2S/c12-10-4-1-2-5-11(10)18(16,17)14-7-9-15-8-3-6-13-15/h1-6,8,14H,7,9H2. The van der Waals surface area contributed by atoms with Crippen LogP contribution in [0.2, 0.25) is 0 Å². The fraction of sp³-hybridized carbons (Fsp3) is 0.182. The smallest absolute Gasteiger partial charge is 0.243 e. The van der Waals surface area contributed by atoms with E-state index in [1.165, 1.54) is 18.2 Å². The number of nitrogens with zero attached hydrogens (tertiary/aromatic N) is 2.